The van der Waals surface area contributed by atoms with Crippen LogP contribution in [0.15, 0.2) is 27.8 Å². The number of hydrogen-bond acceptors (Lipinski definition) is 8. The molecule has 2 atom stereocenters. The van der Waals surface area contributed by atoms with E-state index in [1.54, 1.807) is 6.92 Å². The summed E-state index contributed by atoms with van der Waals surface area (Å²) < 4.78 is 27.8. The maximum absolute atomic E-state index is 14.4. The average molecular weight is 424 g/mol. The normalized spacial score (nSPS) is 17.4. The number of aromatic nitrogens is 5. The largest absolute Gasteiger partial charge is 0.394 e. The van der Waals surface area contributed by atoms with Gasteiger partial charge in [-0.2, -0.15) is 10.2 Å². The number of hydrogen-bond donors (Lipinski definition) is 1. The van der Waals surface area contributed by atoms with E-state index in [1.165, 1.54) is 21.4 Å². The third-order valence-corrected chi connectivity index (χ3v) is 5.54. The zero-order valence-corrected chi connectivity index (χ0v) is 16.4. The number of fused-ring (bicyclic) bond motifs is 3. The first kappa shape index (κ1) is 19.3. The first-order valence-corrected chi connectivity index (χ1v) is 9.71. The molecule has 1 saturated heterocycles. The first-order valence-electron chi connectivity index (χ1n) is 9.71. The summed E-state index contributed by atoms with van der Waals surface area (Å²) in [4.78, 5) is 22.2. The van der Waals surface area contributed by atoms with Gasteiger partial charge in [0.15, 0.2) is 0 Å². The predicted molar refractivity (Wildman–Crippen MR) is 105 cm³/mol. The highest BCUT2D eigenvalue weighted by molar-refractivity contribution is 5.87. The second kappa shape index (κ2) is 7.26. The number of benzene rings is 1. The van der Waals surface area contributed by atoms with Crippen molar-refractivity contribution in [2.75, 3.05) is 19.8 Å². The van der Waals surface area contributed by atoms with Gasteiger partial charge in [-0.05, 0) is 25.5 Å². The number of aliphatic hydroxyl groups excluding tert-OH is 1. The summed E-state index contributed by atoms with van der Waals surface area (Å²) in [5, 5.41) is 23.2. The highest BCUT2D eigenvalue weighted by Crippen LogP contribution is 2.29. The van der Waals surface area contributed by atoms with E-state index in [0.717, 1.165) is 12.5 Å². The van der Waals surface area contributed by atoms with Crippen molar-refractivity contribution in [2.45, 2.75) is 25.3 Å². The van der Waals surface area contributed by atoms with Crippen LogP contribution >= 0.6 is 0 Å². The molecule has 0 aliphatic carbocycles. The van der Waals surface area contributed by atoms with E-state index in [-0.39, 0.29) is 40.6 Å². The van der Waals surface area contributed by atoms with Gasteiger partial charge in [-0.25, -0.2) is 9.37 Å². The average Bonchev–Trinajstić information content (AvgIpc) is 3.53. The van der Waals surface area contributed by atoms with Gasteiger partial charge in [0.05, 0.1) is 36.2 Å². The van der Waals surface area contributed by atoms with Gasteiger partial charge in [-0.15, -0.1) is 0 Å². The molecule has 1 fully saturated rings. The van der Waals surface area contributed by atoms with Gasteiger partial charge in [0.25, 0.3) is 5.56 Å². The van der Waals surface area contributed by atoms with Crippen LogP contribution in [-0.2, 0) is 4.74 Å². The lowest BCUT2D eigenvalue weighted by atomic mass is 10.1. The SMILES string of the molecule is CC(CO)n1c(=O)c2c(-c3noc(C4CCOC4)n3)ncn2c2ccc(F)c(C#N)c21. The number of imidazole rings is 1. The summed E-state index contributed by atoms with van der Waals surface area (Å²) >= 11 is 0. The molecule has 0 bridgehead atoms. The Morgan fingerprint density at radius 2 is 2.26 bits per heavy atom. The summed E-state index contributed by atoms with van der Waals surface area (Å²) in [6.45, 7) is 2.32. The van der Waals surface area contributed by atoms with Gasteiger partial charge < -0.3 is 14.4 Å². The molecule has 10 nitrogen and oxygen atoms in total. The van der Waals surface area contributed by atoms with Crippen LogP contribution in [0, 0.1) is 17.1 Å². The number of aliphatic hydroxyl groups is 1. The maximum Gasteiger partial charge on any atom is 0.278 e. The molecule has 4 heterocycles. The molecule has 0 spiro atoms. The van der Waals surface area contributed by atoms with Gasteiger partial charge in [0.2, 0.25) is 11.7 Å². The summed E-state index contributed by atoms with van der Waals surface area (Å²) in [5.74, 6) is -0.211. The lowest BCUT2D eigenvalue weighted by Crippen LogP contribution is -2.28. The lowest BCUT2D eigenvalue weighted by Gasteiger charge is -2.18. The van der Waals surface area contributed by atoms with E-state index >= 15 is 0 Å². The van der Waals surface area contributed by atoms with E-state index in [2.05, 4.69) is 15.1 Å². The molecule has 1 aliphatic heterocycles. The maximum atomic E-state index is 14.4. The van der Waals surface area contributed by atoms with E-state index < -0.39 is 17.4 Å². The number of rotatable bonds is 4. The topological polar surface area (TPSA) is 131 Å². The minimum Gasteiger partial charge on any atom is -0.394 e. The molecule has 11 heteroatoms. The van der Waals surface area contributed by atoms with Crippen molar-refractivity contribution in [3.05, 3.63) is 46.1 Å². The van der Waals surface area contributed by atoms with Crippen molar-refractivity contribution in [1.29, 1.82) is 5.26 Å². The second-order valence-corrected chi connectivity index (χ2v) is 7.44. The monoisotopic (exact) mass is 424 g/mol. The van der Waals surface area contributed by atoms with Gasteiger partial charge in [0.1, 0.15) is 35.0 Å². The van der Waals surface area contributed by atoms with E-state index in [0.29, 0.717) is 24.6 Å². The minimum atomic E-state index is -0.755. The van der Waals surface area contributed by atoms with Crippen LogP contribution in [0.25, 0.3) is 28.1 Å². The van der Waals surface area contributed by atoms with Crippen molar-refractivity contribution in [3.8, 4) is 17.6 Å². The Hall–Kier alpha value is -3.62. The fraction of sp³-hybridized carbons (Fsp3) is 0.350. The number of ether oxygens (including phenoxy) is 1. The zero-order chi connectivity index (χ0) is 21.7. The molecule has 0 saturated carbocycles. The highest BCUT2D eigenvalue weighted by atomic mass is 19.1. The first-order chi connectivity index (χ1) is 15.0. The Labute approximate surface area is 174 Å². The van der Waals surface area contributed by atoms with Crippen molar-refractivity contribution in [1.82, 2.24) is 24.1 Å². The number of halogens is 1. The third kappa shape index (κ3) is 2.83. The van der Waals surface area contributed by atoms with Crippen LogP contribution in [0.3, 0.4) is 0 Å². The quantitative estimate of drug-likeness (QED) is 0.524. The lowest BCUT2D eigenvalue weighted by molar-refractivity contribution is 0.189. The van der Waals surface area contributed by atoms with Crippen molar-refractivity contribution in [3.63, 3.8) is 0 Å². The number of nitrogens with zero attached hydrogens (tertiary/aromatic N) is 6. The van der Waals surface area contributed by atoms with Crippen LogP contribution in [0.4, 0.5) is 4.39 Å². The molecule has 0 radical (unpaired) electrons. The van der Waals surface area contributed by atoms with Crippen molar-refractivity contribution in [2.24, 2.45) is 0 Å². The number of nitriles is 1. The van der Waals surface area contributed by atoms with Gasteiger partial charge in [-0.3, -0.25) is 13.8 Å². The Morgan fingerprint density at radius 1 is 1.42 bits per heavy atom. The van der Waals surface area contributed by atoms with Gasteiger partial charge in [-0.1, -0.05) is 5.16 Å². The van der Waals surface area contributed by atoms with Crippen LogP contribution in [0.5, 0.6) is 0 Å². The fourth-order valence-electron chi connectivity index (χ4n) is 3.94. The van der Waals surface area contributed by atoms with E-state index in [9.17, 15) is 19.6 Å². The van der Waals surface area contributed by atoms with Crippen LogP contribution < -0.4 is 5.56 Å². The van der Waals surface area contributed by atoms with Gasteiger partial charge in [0, 0.05) is 6.61 Å². The zero-order valence-electron chi connectivity index (χ0n) is 16.4. The Balaban J connectivity index is 1.82. The molecule has 3 aromatic heterocycles. The Morgan fingerprint density at radius 3 is 2.97 bits per heavy atom. The standard InChI is InChI=1S/C20H17FN6O4/c1-10(7-28)27-16-12(6-22)13(21)2-3-14(16)26-9-23-15(17(26)20(27)29)18-24-19(31-25-18)11-4-5-30-8-11/h2-3,9-11,28H,4-5,7-8H2,1H3. The Bertz CT molecular complexity index is 1410. The molecule has 31 heavy (non-hydrogen) atoms. The second-order valence-electron chi connectivity index (χ2n) is 7.44. The molecule has 1 N–H and O–H groups in total. The summed E-state index contributed by atoms with van der Waals surface area (Å²) in [5.41, 5.74) is -0.0305. The summed E-state index contributed by atoms with van der Waals surface area (Å²) in [6.07, 6.45) is 2.16. The molecular formula is C20H17FN6O4. The van der Waals surface area contributed by atoms with E-state index in [4.69, 9.17) is 9.26 Å². The smallest absolute Gasteiger partial charge is 0.278 e. The molecule has 1 aliphatic rings. The molecule has 1 aromatic carbocycles. The van der Waals surface area contributed by atoms with Crippen LogP contribution in [-0.4, -0.2) is 49.0 Å². The molecule has 5 rings (SSSR count). The highest BCUT2D eigenvalue weighted by Gasteiger charge is 2.27. The summed E-state index contributed by atoms with van der Waals surface area (Å²) in [6, 6.07) is 3.72. The van der Waals surface area contributed by atoms with Crippen molar-refractivity contribution >= 4 is 16.6 Å². The molecule has 4 aromatic rings. The minimum absolute atomic E-state index is 0.0109. The molecule has 0 amide bonds. The fourth-order valence-corrected chi connectivity index (χ4v) is 3.94. The predicted octanol–water partition coefficient (Wildman–Crippen LogP) is 1.77. The molecule has 158 valence electrons. The third-order valence-electron chi connectivity index (χ3n) is 5.54. The Kier molecular flexibility index (Phi) is 4.53. The van der Waals surface area contributed by atoms with Crippen LogP contribution in [0.2, 0.25) is 0 Å². The van der Waals surface area contributed by atoms with Crippen molar-refractivity contribution < 1.29 is 18.8 Å². The molecular weight excluding hydrogens is 407 g/mol. The van der Waals surface area contributed by atoms with Crippen LogP contribution in [0.1, 0.15) is 36.8 Å². The van der Waals surface area contributed by atoms with Gasteiger partial charge >= 0.3 is 0 Å². The van der Waals surface area contributed by atoms with E-state index in [1.807, 2.05) is 6.07 Å². The summed E-state index contributed by atoms with van der Waals surface area (Å²) in [7, 11) is 0. The molecule has 2 unspecified atom stereocenters.